The van der Waals surface area contributed by atoms with Gasteiger partial charge < -0.3 is 0 Å². The minimum Gasteiger partial charge on any atom is -0.273 e. The van der Waals surface area contributed by atoms with Gasteiger partial charge in [0.25, 0.3) is 0 Å². The molecule has 1 rings (SSSR count). The van der Waals surface area contributed by atoms with Gasteiger partial charge in [0.2, 0.25) is 0 Å². The van der Waals surface area contributed by atoms with Crippen LogP contribution in [0.1, 0.15) is 6.42 Å². The number of aliphatic imine (C=N–C) groups is 2. The third-order valence-electron chi connectivity index (χ3n) is 0.583. The van der Waals surface area contributed by atoms with Crippen molar-refractivity contribution < 1.29 is 0 Å². The Balaban J connectivity index is 2.46. The molecule has 1 aliphatic heterocycles. The highest BCUT2D eigenvalue weighted by Gasteiger charge is 1.80. The predicted molar refractivity (Wildman–Crippen MR) is 25.4 cm³/mol. The van der Waals surface area contributed by atoms with Crippen LogP contribution in [0.25, 0.3) is 0 Å². The third kappa shape index (κ3) is 0.641. The van der Waals surface area contributed by atoms with E-state index < -0.39 is 0 Å². The topological polar surface area (TPSA) is 24.7 Å². The molecule has 1 heterocycles. The molecule has 0 aliphatic carbocycles. The van der Waals surface area contributed by atoms with Crippen molar-refractivity contribution in [2.24, 2.45) is 9.98 Å². The Bertz CT molecular complexity index is 71.5. The monoisotopic (exact) mass is 81.0 g/mol. The Morgan fingerprint density at radius 3 is 2.83 bits per heavy atom. The van der Waals surface area contributed by atoms with E-state index in [1.54, 1.807) is 0 Å². The van der Waals surface area contributed by atoms with Gasteiger partial charge in [0.1, 0.15) is 6.34 Å². The Labute approximate surface area is 36.6 Å². The van der Waals surface area contributed by atoms with Gasteiger partial charge in [0.15, 0.2) is 0 Å². The highest BCUT2D eigenvalue weighted by molar-refractivity contribution is 5.74. The fourth-order valence-electron chi connectivity index (χ4n) is 0.318. The average molecular weight is 81.1 g/mol. The van der Waals surface area contributed by atoms with Gasteiger partial charge in [0.05, 0.1) is 6.21 Å². The van der Waals surface area contributed by atoms with Crippen molar-refractivity contribution in [2.75, 3.05) is 6.54 Å². The van der Waals surface area contributed by atoms with Crippen LogP contribution in [-0.2, 0) is 0 Å². The minimum absolute atomic E-state index is 0.865. The first kappa shape index (κ1) is 3.53. The van der Waals surface area contributed by atoms with Crippen molar-refractivity contribution in [3.05, 3.63) is 0 Å². The second-order valence-electron chi connectivity index (χ2n) is 1.06. The summed E-state index contributed by atoms with van der Waals surface area (Å²) in [4.78, 5) is 7.46. The summed E-state index contributed by atoms with van der Waals surface area (Å²) in [5.41, 5.74) is 0. The molecule has 0 saturated carbocycles. The summed E-state index contributed by atoms with van der Waals surface area (Å²) in [7, 11) is 0. The molecule has 2 nitrogen and oxygen atoms in total. The second-order valence-corrected chi connectivity index (χ2v) is 1.06. The van der Waals surface area contributed by atoms with E-state index in [4.69, 9.17) is 0 Å². The number of rotatable bonds is 0. The maximum absolute atomic E-state index is 3.82. The maximum atomic E-state index is 3.82. The lowest BCUT2D eigenvalue weighted by molar-refractivity contribution is 1.04. The molecule has 0 atom stereocenters. The fourth-order valence-corrected chi connectivity index (χ4v) is 0.318. The summed E-state index contributed by atoms with van der Waals surface area (Å²) >= 11 is 0. The molecule has 0 fully saturated rings. The third-order valence-corrected chi connectivity index (χ3v) is 0.583. The van der Waals surface area contributed by atoms with Crippen LogP contribution in [-0.4, -0.2) is 19.1 Å². The Morgan fingerprint density at radius 2 is 2.67 bits per heavy atom. The van der Waals surface area contributed by atoms with E-state index >= 15 is 0 Å². The second kappa shape index (κ2) is 1.70. The molecule has 6 heavy (non-hydrogen) atoms. The summed E-state index contributed by atoms with van der Waals surface area (Å²) in [5, 5.41) is 0. The molecule has 0 spiro atoms. The van der Waals surface area contributed by atoms with Gasteiger partial charge in [-0.3, -0.25) is 4.99 Å². The van der Waals surface area contributed by atoms with Crippen molar-refractivity contribution in [1.29, 1.82) is 0 Å². The molecule has 0 aromatic rings. The lowest BCUT2D eigenvalue weighted by atomic mass is 10.4. The van der Waals surface area contributed by atoms with Crippen molar-refractivity contribution in [3.63, 3.8) is 0 Å². The lowest BCUT2D eigenvalue weighted by Gasteiger charge is -1.87. The maximum Gasteiger partial charge on any atom is 0.110 e. The molecule has 31 valence electrons. The van der Waals surface area contributed by atoms with E-state index in [2.05, 4.69) is 16.2 Å². The zero-order valence-electron chi connectivity index (χ0n) is 3.39. The Morgan fingerprint density at radius 1 is 1.67 bits per heavy atom. The van der Waals surface area contributed by atoms with Crippen LogP contribution in [0.4, 0.5) is 0 Å². The molecule has 0 saturated heterocycles. The highest BCUT2D eigenvalue weighted by atomic mass is 14.9. The van der Waals surface area contributed by atoms with Crippen molar-refractivity contribution in [3.8, 4) is 0 Å². The predicted octanol–water partition coefficient (Wildman–Crippen LogP) is 0.366. The van der Waals surface area contributed by atoms with Crippen LogP contribution in [0.2, 0.25) is 0 Å². The van der Waals surface area contributed by atoms with E-state index in [-0.39, 0.29) is 0 Å². The quantitative estimate of drug-likeness (QED) is 0.402. The summed E-state index contributed by atoms with van der Waals surface area (Å²) in [6.45, 7) is 0.865. The van der Waals surface area contributed by atoms with Crippen LogP contribution in [0, 0.1) is 0 Å². The fraction of sp³-hybridized carbons (Fsp3) is 0.500. The van der Waals surface area contributed by atoms with Gasteiger partial charge in [-0.25, -0.2) is 4.99 Å². The molecule has 0 aromatic heterocycles. The molecule has 0 unspecified atom stereocenters. The van der Waals surface area contributed by atoms with Gasteiger partial charge in [-0.05, 0) is 0 Å². The van der Waals surface area contributed by atoms with E-state index in [9.17, 15) is 0 Å². The first-order chi connectivity index (χ1) is 3.00. The zero-order valence-corrected chi connectivity index (χ0v) is 3.39. The zero-order chi connectivity index (χ0) is 4.24. The van der Waals surface area contributed by atoms with Gasteiger partial charge in [-0.15, -0.1) is 0 Å². The molecule has 1 radical (unpaired) electrons. The number of hydrogen-bond donors (Lipinski definition) is 0. The van der Waals surface area contributed by atoms with Gasteiger partial charge in [0, 0.05) is 13.0 Å². The van der Waals surface area contributed by atoms with Crippen LogP contribution < -0.4 is 0 Å². The molecule has 0 amide bonds. The van der Waals surface area contributed by atoms with Crippen LogP contribution in [0.15, 0.2) is 9.98 Å². The molecular weight excluding hydrogens is 76.1 g/mol. The van der Waals surface area contributed by atoms with Crippen LogP contribution in [0.3, 0.4) is 0 Å². The summed E-state index contributed by atoms with van der Waals surface area (Å²) in [5.74, 6) is 0. The molecular formula is C4H5N2. The molecule has 0 bridgehead atoms. The largest absolute Gasteiger partial charge is 0.273 e. The SMILES string of the molecule is [C]1=NC=NCC1. The molecule has 2 heteroatoms. The minimum atomic E-state index is 0.865. The lowest BCUT2D eigenvalue weighted by Crippen LogP contribution is -1.87. The van der Waals surface area contributed by atoms with Gasteiger partial charge in [-0.2, -0.15) is 0 Å². The van der Waals surface area contributed by atoms with E-state index in [0.29, 0.717) is 0 Å². The van der Waals surface area contributed by atoms with Crippen molar-refractivity contribution in [2.45, 2.75) is 6.42 Å². The molecule has 1 aliphatic rings. The smallest absolute Gasteiger partial charge is 0.110 e. The summed E-state index contributed by atoms with van der Waals surface area (Å²) in [6.07, 6.45) is 5.18. The van der Waals surface area contributed by atoms with Crippen LogP contribution >= 0.6 is 0 Å². The Hall–Kier alpha value is -0.660. The van der Waals surface area contributed by atoms with Crippen molar-refractivity contribution >= 4 is 12.6 Å². The highest BCUT2D eigenvalue weighted by Crippen LogP contribution is 1.80. The van der Waals surface area contributed by atoms with E-state index in [1.165, 1.54) is 6.34 Å². The summed E-state index contributed by atoms with van der Waals surface area (Å²) < 4.78 is 0. The standard InChI is InChI=1S/C4H5N2/c1-2-5-4-6-3-1/h4H,1-2H2. The van der Waals surface area contributed by atoms with E-state index in [1.807, 2.05) is 0 Å². The first-order valence-corrected chi connectivity index (χ1v) is 1.91. The van der Waals surface area contributed by atoms with Crippen LogP contribution in [0.5, 0.6) is 0 Å². The number of hydrogen-bond acceptors (Lipinski definition) is 2. The average Bonchev–Trinajstić information content (AvgIpc) is 1.72. The molecule has 0 N–H and O–H groups in total. The summed E-state index contributed by atoms with van der Waals surface area (Å²) in [6, 6.07) is 0. The number of nitrogens with zero attached hydrogens (tertiary/aromatic N) is 2. The first-order valence-electron chi connectivity index (χ1n) is 1.91. The van der Waals surface area contributed by atoms with Gasteiger partial charge >= 0.3 is 0 Å². The van der Waals surface area contributed by atoms with Gasteiger partial charge in [-0.1, -0.05) is 0 Å². The Kier molecular flexibility index (Phi) is 0.998. The molecule has 0 aromatic carbocycles. The normalized spacial score (nSPS) is 18.7. The van der Waals surface area contributed by atoms with Crippen molar-refractivity contribution in [1.82, 2.24) is 0 Å². The van der Waals surface area contributed by atoms with E-state index in [0.717, 1.165) is 13.0 Å².